The van der Waals surface area contributed by atoms with E-state index in [1.807, 2.05) is 0 Å². The largest absolute Gasteiger partial charge is 0.360 e. The molecule has 2 atom stereocenters. The smallest absolute Gasteiger partial charge is 0.155 e. The Labute approximate surface area is 97.3 Å². The third-order valence-electron chi connectivity index (χ3n) is 2.92. The molecule has 0 bridgehead atoms. The number of rotatable bonds is 0. The summed E-state index contributed by atoms with van der Waals surface area (Å²) in [5.41, 5.74) is 6.39. The molecule has 88 valence electrons. The monoisotopic (exact) mass is 220 g/mol. The number of likely N-dealkylation sites (N-methyl/N-ethyl adjacent to an activating group) is 2. The van der Waals surface area contributed by atoms with Crippen LogP contribution in [0.4, 0.5) is 0 Å². The minimum absolute atomic E-state index is 0.493. The first kappa shape index (κ1) is 11.0. The van der Waals surface area contributed by atoms with Crippen LogP contribution in [0.5, 0.6) is 0 Å². The summed E-state index contributed by atoms with van der Waals surface area (Å²) < 4.78 is 0. The summed E-state index contributed by atoms with van der Waals surface area (Å²) in [5, 5.41) is 6.73. The van der Waals surface area contributed by atoms with E-state index in [0.717, 1.165) is 24.7 Å². The molecule has 2 aliphatic rings. The fraction of sp³-hybridized carbons (Fsp3) is 0.667. The molecule has 0 amide bonds. The van der Waals surface area contributed by atoms with E-state index in [0.29, 0.717) is 12.1 Å². The zero-order chi connectivity index (χ0) is 11.7. The maximum absolute atomic E-state index is 3.36. The molecule has 0 aliphatic carbocycles. The van der Waals surface area contributed by atoms with Crippen molar-refractivity contribution in [1.29, 1.82) is 0 Å². The van der Waals surface area contributed by atoms with Crippen LogP contribution in [0.1, 0.15) is 13.8 Å². The van der Waals surface area contributed by atoms with Crippen LogP contribution in [0.3, 0.4) is 0 Å². The Balaban J connectivity index is 2.25. The van der Waals surface area contributed by atoms with Crippen molar-refractivity contribution in [2.45, 2.75) is 25.9 Å². The molecule has 16 heavy (non-hydrogen) atoms. The van der Waals surface area contributed by atoms with Gasteiger partial charge in [0.25, 0.3) is 0 Å². The van der Waals surface area contributed by atoms with Gasteiger partial charge in [0.2, 0.25) is 0 Å². The summed E-state index contributed by atoms with van der Waals surface area (Å²) in [6.45, 7) is 6.39. The Kier molecular flexibility index (Phi) is 2.86. The van der Waals surface area contributed by atoms with Crippen molar-refractivity contribution in [1.82, 2.24) is 20.4 Å². The molecule has 4 nitrogen and oxygen atoms in total. The van der Waals surface area contributed by atoms with Crippen LogP contribution in [0.2, 0.25) is 0 Å². The first-order valence-electron chi connectivity index (χ1n) is 5.77. The highest BCUT2D eigenvalue weighted by molar-refractivity contribution is 5.10. The number of nitrogens with one attached hydrogen (secondary N) is 2. The number of nitrogens with zero attached hydrogens (tertiary/aromatic N) is 2. The van der Waals surface area contributed by atoms with E-state index in [1.54, 1.807) is 0 Å². The van der Waals surface area contributed by atoms with Crippen LogP contribution in [0.25, 0.3) is 0 Å². The predicted octanol–water partition coefficient (Wildman–Crippen LogP) is 0.270. The molecule has 0 saturated carbocycles. The van der Waals surface area contributed by atoms with Crippen LogP contribution < -0.4 is 10.6 Å². The molecule has 2 fully saturated rings. The third-order valence-corrected chi connectivity index (χ3v) is 2.92. The Morgan fingerprint density at radius 2 is 1.31 bits per heavy atom. The minimum atomic E-state index is 0.493. The molecule has 2 rings (SSSR count). The molecule has 2 heterocycles. The SMILES string of the molecule is CC1CN(C)C(=C=C=C2NC(C)CN2C)N1. The highest BCUT2D eigenvalue weighted by Crippen LogP contribution is 2.09. The zero-order valence-corrected chi connectivity index (χ0v) is 10.5. The van der Waals surface area contributed by atoms with Crippen LogP contribution in [-0.2, 0) is 0 Å². The lowest BCUT2D eigenvalue weighted by Gasteiger charge is -2.08. The molecule has 2 saturated heterocycles. The maximum atomic E-state index is 3.36. The summed E-state index contributed by atoms with van der Waals surface area (Å²) in [4.78, 5) is 4.33. The Hall–Kier alpha value is -1.50. The van der Waals surface area contributed by atoms with Crippen molar-refractivity contribution in [3.8, 4) is 0 Å². The number of hydrogen-bond donors (Lipinski definition) is 2. The molecular weight excluding hydrogens is 200 g/mol. The molecule has 2 unspecified atom stereocenters. The zero-order valence-electron chi connectivity index (χ0n) is 10.5. The van der Waals surface area contributed by atoms with Crippen molar-refractivity contribution in [3.63, 3.8) is 0 Å². The summed E-state index contributed by atoms with van der Waals surface area (Å²) >= 11 is 0. The average Bonchev–Trinajstić information content (AvgIpc) is 2.66. The molecular formula is C12H20N4. The van der Waals surface area contributed by atoms with Gasteiger partial charge in [-0.25, -0.2) is 0 Å². The van der Waals surface area contributed by atoms with Gasteiger partial charge in [0.05, 0.1) is 0 Å². The summed E-state index contributed by atoms with van der Waals surface area (Å²) in [7, 11) is 4.14. The lowest BCUT2D eigenvalue weighted by atomic mass is 10.4. The van der Waals surface area contributed by atoms with Gasteiger partial charge < -0.3 is 20.4 Å². The van der Waals surface area contributed by atoms with Crippen molar-refractivity contribution < 1.29 is 0 Å². The van der Waals surface area contributed by atoms with Crippen molar-refractivity contribution >= 4 is 0 Å². The van der Waals surface area contributed by atoms with Crippen LogP contribution in [0, 0.1) is 0 Å². The maximum Gasteiger partial charge on any atom is 0.155 e. The summed E-state index contributed by atoms with van der Waals surface area (Å²) in [6, 6.07) is 0.986. The van der Waals surface area contributed by atoms with Crippen molar-refractivity contribution in [2.24, 2.45) is 0 Å². The first-order chi connectivity index (χ1) is 7.56. The van der Waals surface area contributed by atoms with Gasteiger partial charge in [-0.1, -0.05) is 0 Å². The molecule has 2 N–H and O–H groups in total. The summed E-state index contributed by atoms with van der Waals surface area (Å²) in [5.74, 6) is 2.05. The minimum Gasteiger partial charge on any atom is -0.360 e. The fourth-order valence-corrected chi connectivity index (χ4v) is 2.16. The molecule has 0 aromatic rings. The highest BCUT2D eigenvalue weighted by atomic mass is 15.3. The standard InChI is InChI=1S/C12H20N4/c1-9-7-15(3)11(13-9)5-6-12-14-10(2)8-16(12)4/h9-10,13-14H,7-8H2,1-4H3. The van der Waals surface area contributed by atoms with Gasteiger partial charge in [-0.15, -0.1) is 0 Å². The summed E-state index contributed by atoms with van der Waals surface area (Å²) in [6.07, 6.45) is 0. The highest BCUT2D eigenvalue weighted by Gasteiger charge is 2.19. The van der Waals surface area contributed by atoms with E-state index in [-0.39, 0.29) is 0 Å². The van der Waals surface area contributed by atoms with Gasteiger partial charge in [0.1, 0.15) is 0 Å². The van der Waals surface area contributed by atoms with Gasteiger partial charge in [-0.05, 0) is 25.3 Å². The molecule has 0 radical (unpaired) electrons. The molecule has 0 aromatic carbocycles. The predicted molar refractivity (Wildman–Crippen MR) is 64.5 cm³/mol. The van der Waals surface area contributed by atoms with Gasteiger partial charge in [-0.3, -0.25) is 0 Å². The molecule has 0 spiro atoms. The second-order valence-corrected chi connectivity index (χ2v) is 4.80. The van der Waals surface area contributed by atoms with E-state index in [4.69, 9.17) is 0 Å². The van der Waals surface area contributed by atoms with E-state index in [2.05, 4.69) is 59.8 Å². The topological polar surface area (TPSA) is 30.5 Å². The van der Waals surface area contributed by atoms with Crippen LogP contribution in [0.15, 0.2) is 23.1 Å². The molecule has 2 aliphatic heterocycles. The van der Waals surface area contributed by atoms with Gasteiger partial charge in [-0.2, -0.15) is 0 Å². The second kappa shape index (κ2) is 4.17. The average molecular weight is 220 g/mol. The van der Waals surface area contributed by atoms with Gasteiger partial charge >= 0.3 is 0 Å². The number of hydrogen-bond acceptors (Lipinski definition) is 4. The lowest BCUT2D eigenvalue weighted by molar-refractivity contribution is 0.468. The normalized spacial score (nSPS) is 28.8. The van der Waals surface area contributed by atoms with E-state index < -0.39 is 0 Å². The van der Waals surface area contributed by atoms with E-state index >= 15 is 0 Å². The first-order valence-corrected chi connectivity index (χ1v) is 5.77. The molecule has 4 heteroatoms. The molecule has 0 aromatic heterocycles. The second-order valence-electron chi connectivity index (χ2n) is 4.80. The van der Waals surface area contributed by atoms with Gasteiger partial charge in [0.15, 0.2) is 11.6 Å². The van der Waals surface area contributed by atoms with Crippen LogP contribution >= 0.6 is 0 Å². The van der Waals surface area contributed by atoms with E-state index in [1.165, 1.54) is 0 Å². The van der Waals surface area contributed by atoms with Crippen molar-refractivity contribution in [2.75, 3.05) is 27.2 Å². The lowest BCUT2D eigenvalue weighted by Crippen LogP contribution is -2.17. The quantitative estimate of drug-likeness (QED) is 0.574. The van der Waals surface area contributed by atoms with Gasteiger partial charge in [0, 0.05) is 39.3 Å². The Morgan fingerprint density at radius 1 is 0.938 bits per heavy atom. The van der Waals surface area contributed by atoms with Crippen LogP contribution in [-0.4, -0.2) is 49.1 Å². The Bertz CT molecular complexity index is 338. The fourth-order valence-electron chi connectivity index (χ4n) is 2.16. The van der Waals surface area contributed by atoms with E-state index in [9.17, 15) is 0 Å². The Morgan fingerprint density at radius 3 is 1.56 bits per heavy atom. The van der Waals surface area contributed by atoms with Crippen molar-refractivity contribution in [3.05, 3.63) is 23.1 Å². The third kappa shape index (κ3) is 2.19.